The highest BCUT2D eigenvalue weighted by atomic mass is 16.5. The topological polar surface area (TPSA) is 75.0 Å². The van der Waals surface area contributed by atoms with Gasteiger partial charge in [-0.05, 0) is 59.6 Å². The third-order valence-corrected chi connectivity index (χ3v) is 4.40. The molecule has 1 fully saturated rings. The van der Waals surface area contributed by atoms with Crippen molar-refractivity contribution in [2.24, 2.45) is 0 Å². The first-order valence-electron chi connectivity index (χ1n) is 9.66. The van der Waals surface area contributed by atoms with E-state index in [0.717, 1.165) is 25.2 Å². The fourth-order valence-electron chi connectivity index (χ4n) is 3.01. The van der Waals surface area contributed by atoms with E-state index in [9.17, 15) is 9.59 Å². The van der Waals surface area contributed by atoms with Crippen LogP contribution in [-0.2, 0) is 16.1 Å². The van der Waals surface area contributed by atoms with E-state index >= 15 is 0 Å². The summed E-state index contributed by atoms with van der Waals surface area (Å²) in [6.07, 6.45) is 3.60. The molecule has 0 bridgehead atoms. The van der Waals surface area contributed by atoms with Crippen molar-refractivity contribution in [1.29, 1.82) is 0 Å². The van der Waals surface area contributed by atoms with Crippen LogP contribution in [0, 0.1) is 0 Å². The summed E-state index contributed by atoms with van der Waals surface area (Å²) in [7, 11) is 0. The Morgan fingerprint density at radius 2 is 2.07 bits per heavy atom. The third-order valence-electron chi connectivity index (χ3n) is 4.40. The molecule has 1 saturated heterocycles. The number of carbonyl (C=O) groups excluding carboxylic acids is 2. The van der Waals surface area contributed by atoms with Crippen LogP contribution in [0.25, 0.3) is 0 Å². The Hall–Kier alpha value is -2.02. The summed E-state index contributed by atoms with van der Waals surface area (Å²) in [4.78, 5) is 29.0. The van der Waals surface area contributed by atoms with Crippen molar-refractivity contribution in [2.45, 2.75) is 71.7 Å². The van der Waals surface area contributed by atoms with Crippen molar-refractivity contribution in [3.63, 3.8) is 0 Å². The smallest absolute Gasteiger partial charge is 0.318 e. The van der Waals surface area contributed by atoms with E-state index in [4.69, 9.17) is 9.15 Å². The number of ether oxygens (including phenoxy) is 1. The molecular weight excluding hydrogens is 346 g/mol. The summed E-state index contributed by atoms with van der Waals surface area (Å²) in [5.41, 5.74) is -0.362. The Morgan fingerprint density at radius 1 is 1.33 bits per heavy atom. The zero-order valence-electron chi connectivity index (χ0n) is 17.2. The molecule has 0 aliphatic carbocycles. The summed E-state index contributed by atoms with van der Waals surface area (Å²) in [5.74, 6) is 0.608. The third kappa shape index (κ3) is 6.90. The average Bonchev–Trinajstić information content (AvgIpc) is 3.23. The van der Waals surface area contributed by atoms with Gasteiger partial charge in [0.25, 0.3) is 0 Å². The predicted octanol–water partition coefficient (Wildman–Crippen LogP) is 3.01. The number of hydrogen-bond donors (Lipinski definition) is 1. The number of urea groups is 1. The number of nitrogens with zero attached hydrogens (tertiary/aromatic N) is 2. The Kier molecular flexibility index (Phi) is 7.30. The first-order valence-corrected chi connectivity index (χ1v) is 9.66. The molecule has 1 aliphatic rings. The van der Waals surface area contributed by atoms with E-state index in [1.165, 1.54) is 0 Å². The fourth-order valence-corrected chi connectivity index (χ4v) is 3.01. The van der Waals surface area contributed by atoms with Gasteiger partial charge in [0.2, 0.25) is 5.91 Å². The number of nitrogens with one attached hydrogen (secondary N) is 1. The Bertz CT molecular complexity index is 601. The van der Waals surface area contributed by atoms with Crippen LogP contribution in [0.4, 0.5) is 4.79 Å². The summed E-state index contributed by atoms with van der Waals surface area (Å²) >= 11 is 0. The maximum atomic E-state index is 13.0. The van der Waals surface area contributed by atoms with Crippen LogP contribution in [0.3, 0.4) is 0 Å². The molecule has 1 aromatic rings. The lowest BCUT2D eigenvalue weighted by atomic mass is 10.1. The quantitative estimate of drug-likeness (QED) is 0.790. The van der Waals surface area contributed by atoms with Gasteiger partial charge in [-0.1, -0.05) is 0 Å². The predicted molar refractivity (Wildman–Crippen MR) is 103 cm³/mol. The van der Waals surface area contributed by atoms with Crippen LogP contribution < -0.4 is 5.32 Å². The molecule has 0 spiro atoms. The van der Waals surface area contributed by atoms with Gasteiger partial charge in [0.05, 0.1) is 18.9 Å². The van der Waals surface area contributed by atoms with Gasteiger partial charge in [-0.25, -0.2) is 4.79 Å². The Morgan fingerprint density at radius 3 is 2.59 bits per heavy atom. The summed E-state index contributed by atoms with van der Waals surface area (Å²) in [5, 5.41) is 2.94. The lowest BCUT2D eigenvalue weighted by Crippen LogP contribution is -2.54. The van der Waals surface area contributed by atoms with Crippen molar-refractivity contribution < 1.29 is 18.7 Å². The monoisotopic (exact) mass is 379 g/mol. The fraction of sp³-hybridized carbons (Fsp3) is 0.700. The highest BCUT2D eigenvalue weighted by Gasteiger charge is 2.28. The molecule has 0 saturated carbocycles. The molecule has 152 valence electrons. The van der Waals surface area contributed by atoms with E-state index in [1.807, 2.05) is 40.7 Å². The van der Waals surface area contributed by atoms with Crippen molar-refractivity contribution in [3.8, 4) is 0 Å². The molecule has 1 aromatic heterocycles. The van der Waals surface area contributed by atoms with Crippen LogP contribution >= 0.6 is 0 Å². The summed E-state index contributed by atoms with van der Waals surface area (Å²) in [6, 6.07) is 3.33. The molecule has 7 heteroatoms. The average molecular weight is 380 g/mol. The lowest BCUT2D eigenvalue weighted by Gasteiger charge is -2.33. The van der Waals surface area contributed by atoms with E-state index in [2.05, 4.69) is 5.32 Å². The standard InChI is InChI=1S/C20H33N3O4/c1-15(2)23(19(25)21-20(3,4)5)14-18(24)22(12-16-8-6-10-26-16)13-17-9-7-11-27-17/h6,8,10,15,17H,7,9,11-14H2,1-5H3,(H,21,25). The minimum atomic E-state index is -0.362. The number of hydrogen-bond acceptors (Lipinski definition) is 4. The molecule has 2 heterocycles. The molecule has 3 amide bonds. The van der Waals surface area contributed by atoms with Crippen LogP contribution in [-0.4, -0.2) is 59.1 Å². The second kappa shape index (κ2) is 9.26. The Labute approximate surface area is 162 Å². The maximum absolute atomic E-state index is 13.0. The van der Waals surface area contributed by atoms with Crippen molar-refractivity contribution in [3.05, 3.63) is 24.2 Å². The molecule has 1 atom stereocenters. The molecule has 7 nitrogen and oxygen atoms in total. The SMILES string of the molecule is CC(C)N(CC(=O)N(Cc1ccco1)CC1CCCO1)C(=O)NC(C)(C)C. The molecule has 1 N–H and O–H groups in total. The van der Waals surface area contributed by atoms with Crippen LogP contribution in [0.2, 0.25) is 0 Å². The first-order chi connectivity index (χ1) is 12.7. The minimum Gasteiger partial charge on any atom is -0.467 e. The van der Waals surface area contributed by atoms with Crippen molar-refractivity contribution in [1.82, 2.24) is 15.1 Å². The van der Waals surface area contributed by atoms with Gasteiger partial charge >= 0.3 is 6.03 Å². The molecule has 2 rings (SSSR count). The number of furan rings is 1. The zero-order chi connectivity index (χ0) is 20.0. The molecule has 1 aliphatic heterocycles. The van der Waals surface area contributed by atoms with Gasteiger partial charge in [0.15, 0.2) is 0 Å². The molecule has 1 unspecified atom stereocenters. The second-order valence-electron chi connectivity index (χ2n) is 8.39. The van der Waals surface area contributed by atoms with Gasteiger partial charge in [-0.2, -0.15) is 0 Å². The Balaban J connectivity index is 2.07. The molecule has 27 heavy (non-hydrogen) atoms. The van der Waals surface area contributed by atoms with Gasteiger partial charge < -0.3 is 24.3 Å². The van der Waals surface area contributed by atoms with Gasteiger partial charge in [0.1, 0.15) is 12.3 Å². The zero-order valence-corrected chi connectivity index (χ0v) is 17.2. The van der Waals surface area contributed by atoms with Gasteiger partial charge in [-0.3, -0.25) is 4.79 Å². The van der Waals surface area contributed by atoms with E-state index < -0.39 is 0 Å². The minimum absolute atomic E-state index is 0.0208. The first kappa shape index (κ1) is 21.3. The number of amides is 3. The van der Waals surface area contributed by atoms with Crippen LogP contribution in [0.1, 0.15) is 53.2 Å². The van der Waals surface area contributed by atoms with Gasteiger partial charge in [0, 0.05) is 24.7 Å². The molecular formula is C20H33N3O4. The van der Waals surface area contributed by atoms with E-state index in [-0.39, 0.29) is 36.2 Å². The highest BCUT2D eigenvalue weighted by Crippen LogP contribution is 2.16. The highest BCUT2D eigenvalue weighted by molar-refractivity contribution is 5.84. The second-order valence-corrected chi connectivity index (χ2v) is 8.39. The lowest BCUT2D eigenvalue weighted by molar-refractivity contribution is -0.134. The van der Waals surface area contributed by atoms with Crippen molar-refractivity contribution >= 4 is 11.9 Å². The van der Waals surface area contributed by atoms with Gasteiger partial charge in [-0.15, -0.1) is 0 Å². The normalized spacial score (nSPS) is 17.2. The van der Waals surface area contributed by atoms with E-state index in [0.29, 0.717) is 13.1 Å². The van der Waals surface area contributed by atoms with Crippen molar-refractivity contribution in [2.75, 3.05) is 19.7 Å². The van der Waals surface area contributed by atoms with E-state index in [1.54, 1.807) is 22.1 Å². The maximum Gasteiger partial charge on any atom is 0.318 e. The summed E-state index contributed by atoms with van der Waals surface area (Å²) in [6.45, 7) is 11.2. The molecule has 0 radical (unpaired) electrons. The van der Waals surface area contributed by atoms with Crippen LogP contribution in [0.15, 0.2) is 22.8 Å². The number of rotatable bonds is 7. The summed E-state index contributed by atoms with van der Waals surface area (Å²) < 4.78 is 11.1. The number of carbonyl (C=O) groups is 2. The largest absolute Gasteiger partial charge is 0.467 e. The van der Waals surface area contributed by atoms with Crippen LogP contribution in [0.5, 0.6) is 0 Å². The molecule has 0 aromatic carbocycles.